The van der Waals surface area contributed by atoms with E-state index >= 15 is 0 Å². The van der Waals surface area contributed by atoms with Crippen molar-refractivity contribution < 1.29 is 9.47 Å². The third-order valence-electron chi connectivity index (χ3n) is 1.24. The Balaban J connectivity index is 1.72. The van der Waals surface area contributed by atoms with Crippen molar-refractivity contribution in [2.24, 2.45) is 5.18 Å². The van der Waals surface area contributed by atoms with Gasteiger partial charge < -0.3 is 9.47 Å². The van der Waals surface area contributed by atoms with Gasteiger partial charge in [0.25, 0.3) is 0 Å². The lowest BCUT2D eigenvalue weighted by Crippen LogP contribution is -2.03. The first-order chi connectivity index (χ1) is 4.93. The summed E-state index contributed by atoms with van der Waals surface area (Å²) in [6.07, 6.45) is 1.04. The van der Waals surface area contributed by atoms with Crippen LogP contribution in [-0.2, 0) is 9.47 Å². The van der Waals surface area contributed by atoms with Gasteiger partial charge in [-0.15, -0.1) is 0 Å². The Morgan fingerprint density at radius 1 is 1.70 bits per heavy atom. The van der Waals surface area contributed by atoms with Crippen LogP contribution in [0.25, 0.3) is 0 Å². The molecule has 0 amide bonds. The van der Waals surface area contributed by atoms with Gasteiger partial charge in [0.1, 0.15) is 6.10 Å². The van der Waals surface area contributed by atoms with Gasteiger partial charge in [0, 0.05) is 6.61 Å². The van der Waals surface area contributed by atoms with E-state index in [0.717, 1.165) is 13.0 Å². The number of hydrogen-bond acceptors (Lipinski definition) is 4. The number of rotatable bonds is 6. The first-order valence-corrected chi connectivity index (χ1v) is 3.42. The average Bonchev–Trinajstić information content (AvgIpc) is 2.71. The lowest BCUT2D eigenvalue weighted by atomic mass is 10.4. The summed E-state index contributed by atoms with van der Waals surface area (Å²) in [6.45, 7) is 2.46. The molecular weight excluding hydrogens is 134 g/mol. The molecule has 0 aliphatic carbocycles. The van der Waals surface area contributed by atoms with E-state index in [4.69, 9.17) is 9.47 Å². The quantitative estimate of drug-likeness (QED) is 0.311. The fourth-order valence-corrected chi connectivity index (χ4v) is 0.610. The molecule has 0 aromatic heterocycles. The molecule has 1 heterocycles. The maximum absolute atomic E-state index is 9.58. The van der Waals surface area contributed by atoms with Crippen molar-refractivity contribution in [1.29, 1.82) is 0 Å². The average molecular weight is 145 g/mol. The molecule has 0 N–H and O–H groups in total. The topological polar surface area (TPSA) is 51.2 Å². The van der Waals surface area contributed by atoms with Gasteiger partial charge in [0.05, 0.1) is 19.8 Å². The minimum absolute atomic E-state index is 0.323. The van der Waals surface area contributed by atoms with Crippen molar-refractivity contribution in [2.45, 2.75) is 12.5 Å². The molecule has 1 aliphatic rings. The highest BCUT2D eigenvalue weighted by molar-refractivity contribution is 4.66. The summed E-state index contributed by atoms with van der Waals surface area (Å²) >= 11 is 0. The summed E-state index contributed by atoms with van der Waals surface area (Å²) in [4.78, 5) is 9.58. The van der Waals surface area contributed by atoms with Crippen LogP contribution >= 0.6 is 0 Å². The van der Waals surface area contributed by atoms with E-state index in [1.807, 2.05) is 0 Å². The van der Waals surface area contributed by atoms with E-state index in [-0.39, 0.29) is 0 Å². The minimum atomic E-state index is 0.323. The fourth-order valence-electron chi connectivity index (χ4n) is 0.610. The molecule has 0 aromatic carbocycles. The maximum atomic E-state index is 9.58. The molecule has 0 bridgehead atoms. The zero-order chi connectivity index (χ0) is 7.23. The second-order valence-corrected chi connectivity index (χ2v) is 2.24. The Labute approximate surface area is 59.5 Å². The molecule has 10 heavy (non-hydrogen) atoms. The van der Waals surface area contributed by atoms with Crippen molar-refractivity contribution in [3.05, 3.63) is 4.91 Å². The largest absolute Gasteiger partial charge is 0.379 e. The van der Waals surface area contributed by atoms with Crippen molar-refractivity contribution in [3.63, 3.8) is 0 Å². The van der Waals surface area contributed by atoms with Gasteiger partial charge in [-0.1, -0.05) is 5.18 Å². The number of nitroso groups, excluding NO2 is 1. The van der Waals surface area contributed by atoms with E-state index in [0.29, 0.717) is 25.9 Å². The second-order valence-electron chi connectivity index (χ2n) is 2.24. The number of nitrogens with zero attached hydrogens (tertiary/aromatic N) is 1. The van der Waals surface area contributed by atoms with Gasteiger partial charge in [-0.25, -0.2) is 0 Å². The second kappa shape index (κ2) is 4.35. The third-order valence-corrected chi connectivity index (χ3v) is 1.24. The molecule has 58 valence electrons. The summed E-state index contributed by atoms with van der Waals surface area (Å²) in [5, 5.41) is 2.71. The van der Waals surface area contributed by atoms with Crippen molar-refractivity contribution in [1.82, 2.24) is 0 Å². The van der Waals surface area contributed by atoms with Crippen LogP contribution in [0, 0.1) is 4.91 Å². The Morgan fingerprint density at radius 2 is 2.50 bits per heavy atom. The van der Waals surface area contributed by atoms with Gasteiger partial charge in [-0.2, -0.15) is 4.91 Å². The van der Waals surface area contributed by atoms with Gasteiger partial charge in [-0.3, -0.25) is 0 Å². The number of epoxide rings is 1. The Hall–Kier alpha value is -0.480. The molecule has 0 saturated carbocycles. The van der Waals surface area contributed by atoms with Crippen LogP contribution in [0.15, 0.2) is 5.18 Å². The lowest BCUT2D eigenvalue weighted by molar-refractivity contribution is 0.116. The van der Waals surface area contributed by atoms with Crippen LogP contribution in [0.4, 0.5) is 0 Å². The molecule has 1 rings (SSSR count). The molecule has 0 spiro atoms. The van der Waals surface area contributed by atoms with Crippen LogP contribution in [0.1, 0.15) is 6.42 Å². The Morgan fingerprint density at radius 3 is 3.10 bits per heavy atom. The molecule has 1 saturated heterocycles. The molecule has 4 heteroatoms. The monoisotopic (exact) mass is 145 g/mol. The SMILES string of the molecule is O=NCCCOCC1CO1. The molecule has 1 atom stereocenters. The lowest BCUT2D eigenvalue weighted by Gasteiger charge is -1.97. The van der Waals surface area contributed by atoms with Gasteiger partial charge in [0.2, 0.25) is 0 Å². The van der Waals surface area contributed by atoms with Crippen LogP contribution < -0.4 is 0 Å². The van der Waals surface area contributed by atoms with E-state index in [2.05, 4.69) is 5.18 Å². The van der Waals surface area contributed by atoms with Crippen LogP contribution in [-0.4, -0.2) is 32.5 Å². The van der Waals surface area contributed by atoms with Crippen molar-refractivity contribution >= 4 is 0 Å². The predicted octanol–water partition coefficient (Wildman–Crippen LogP) is 0.558. The predicted molar refractivity (Wildman–Crippen MR) is 35.8 cm³/mol. The zero-order valence-electron chi connectivity index (χ0n) is 5.78. The molecule has 1 unspecified atom stereocenters. The minimum Gasteiger partial charge on any atom is -0.379 e. The number of hydrogen-bond donors (Lipinski definition) is 0. The van der Waals surface area contributed by atoms with Crippen molar-refractivity contribution in [2.75, 3.05) is 26.4 Å². The highest BCUT2D eigenvalue weighted by atomic mass is 16.6. The molecule has 1 aliphatic heterocycles. The maximum Gasteiger partial charge on any atom is 0.104 e. The molecular formula is C6H11NO3. The third kappa shape index (κ3) is 3.53. The smallest absolute Gasteiger partial charge is 0.104 e. The highest BCUT2D eigenvalue weighted by Gasteiger charge is 2.21. The molecule has 4 nitrogen and oxygen atoms in total. The summed E-state index contributed by atoms with van der Waals surface area (Å²) in [5.74, 6) is 0. The Kier molecular flexibility index (Phi) is 3.32. The molecule has 0 radical (unpaired) electrons. The summed E-state index contributed by atoms with van der Waals surface area (Å²) in [7, 11) is 0. The van der Waals surface area contributed by atoms with Crippen molar-refractivity contribution in [3.8, 4) is 0 Å². The highest BCUT2D eigenvalue weighted by Crippen LogP contribution is 2.08. The van der Waals surface area contributed by atoms with E-state index in [1.54, 1.807) is 0 Å². The summed E-state index contributed by atoms with van der Waals surface area (Å²) < 4.78 is 10.0. The van der Waals surface area contributed by atoms with E-state index in [1.165, 1.54) is 0 Å². The van der Waals surface area contributed by atoms with E-state index in [9.17, 15) is 4.91 Å². The van der Waals surface area contributed by atoms with Gasteiger partial charge in [-0.05, 0) is 6.42 Å². The first-order valence-electron chi connectivity index (χ1n) is 3.42. The molecule has 0 aromatic rings. The van der Waals surface area contributed by atoms with E-state index < -0.39 is 0 Å². The standard InChI is InChI=1S/C6H11NO3/c8-7-2-1-3-9-4-6-5-10-6/h6H,1-5H2. The normalized spacial score (nSPS) is 22.6. The van der Waals surface area contributed by atoms with Crippen LogP contribution in [0.2, 0.25) is 0 Å². The summed E-state index contributed by atoms with van der Waals surface area (Å²) in [5.41, 5.74) is 0. The van der Waals surface area contributed by atoms with Gasteiger partial charge in [0.15, 0.2) is 0 Å². The zero-order valence-corrected chi connectivity index (χ0v) is 5.78. The molecule has 1 fully saturated rings. The fraction of sp³-hybridized carbons (Fsp3) is 1.00. The van der Waals surface area contributed by atoms with Crippen LogP contribution in [0.5, 0.6) is 0 Å². The van der Waals surface area contributed by atoms with Gasteiger partial charge >= 0.3 is 0 Å². The number of ether oxygens (including phenoxy) is 2. The summed E-state index contributed by atoms with van der Waals surface area (Å²) in [6, 6.07) is 0. The van der Waals surface area contributed by atoms with Crippen LogP contribution in [0.3, 0.4) is 0 Å². The Bertz CT molecular complexity index is 103. The first kappa shape index (κ1) is 7.63.